The molecule has 2 unspecified atom stereocenters. The summed E-state index contributed by atoms with van der Waals surface area (Å²) < 4.78 is 5.53. The second-order valence-electron chi connectivity index (χ2n) is 5.17. The summed E-state index contributed by atoms with van der Waals surface area (Å²) >= 11 is 0. The van der Waals surface area contributed by atoms with Crippen molar-refractivity contribution in [2.24, 2.45) is 5.73 Å². The predicted molar refractivity (Wildman–Crippen MR) is 73.5 cm³/mol. The summed E-state index contributed by atoms with van der Waals surface area (Å²) in [5.41, 5.74) is 6.24. The number of hydrogen-bond donors (Lipinski definition) is 1. The molecule has 1 aliphatic heterocycles. The SMILES string of the molecule is CCC(N)C(c1ccco1)N1CCCN(C)C(=O)C1. The fourth-order valence-electron chi connectivity index (χ4n) is 2.59. The average molecular weight is 265 g/mol. The fourth-order valence-corrected chi connectivity index (χ4v) is 2.59. The number of nitrogens with zero attached hydrogens (tertiary/aromatic N) is 2. The third-order valence-corrected chi connectivity index (χ3v) is 3.81. The first kappa shape index (κ1) is 14.1. The van der Waals surface area contributed by atoms with Gasteiger partial charge in [0.05, 0.1) is 18.8 Å². The normalized spacial score (nSPS) is 21.2. The number of furan rings is 1. The molecule has 1 aromatic heterocycles. The molecule has 1 amide bonds. The van der Waals surface area contributed by atoms with Crippen LogP contribution in [0.5, 0.6) is 0 Å². The van der Waals surface area contributed by atoms with E-state index in [1.807, 2.05) is 19.2 Å². The zero-order chi connectivity index (χ0) is 13.8. The highest BCUT2D eigenvalue weighted by molar-refractivity contribution is 5.78. The number of hydrogen-bond acceptors (Lipinski definition) is 4. The van der Waals surface area contributed by atoms with Crippen molar-refractivity contribution >= 4 is 5.91 Å². The van der Waals surface area contributed by atoms with Crippen LogP contribution in [-0.2, 0) is 4.79 Å². The smallest absolute Gasteiger partial charge is 0.236 e. The molecule has 0 saturated carbocycles. The molecule has 0 radical (unpaired) electrons. The standard InChI is InChI=1S/C14H23N3O2/c1-3-11(15)14(12-6-4-9-19-12)17-8-5-7-16(2)13(18)10-17/h4,6,9,11,14H,3,5,7-8,10,15H2,1-2H3. The topological polar surface area (TPSA) is 62.7 Å². The zero-order valence-electron chi connectivity index (χ0n) is 11.7. The largest absolute Gasteiger partial charge is 0.468 e. The van der Waals surface area contributed by atoms with Crippen LogP contribution in [0.25, 0.3) is 0 Å². The summed E-state index contributed by atoms with van der Waals surface area (Å²) in [6.45, 7) is 4.15. The number of amides is 1. The van der Waals surface area contributed by atoms with Gasteiger partial charge in [0, 0.05) is 26.2 Å². The maximum absolute atomic E-state index is 12.0. The number of carbonyl (C=O) groups is 1. The molecule has 2 N–H and O–H groups in total. The van der Waals surface area contributed by atoms with Gasteiger partial charge in [-0.2, -0.15) is 0 Å². The first-order chi connectivity index (χ1) is 9.13. The molecule has 5 nitrogen and oxygen atoms in total. The molecule has 0 aromatic carbocycles. The molecule has 0 aliphatic carbocycles. The summed E-state index contributed by atoms with van der Waals surface area (Å²) in [5, 5.41) is 0. The Balaban J connectivity index is 2.20. The minimum atomic E-state index is -0.0256. The van der Waals surface area contributed by atoms with E-state index >= 15 is 0 Å². The van der Waals surface area contributed by atoms with Gasteiger partial charge in [-0.1, -0.05) is 6.92 Å². The van der Waals surface area contributed by atoms with E-state index in [9.17, 15) is 4.79 Å². The molecule has 2 atom stereocenters. The fraction of sp³-hybridized carbons (Fsp3) is 0.643. The van der Waals surface area contributed by atoms with E-state index < -0.39 is 0 Å². The van der Waals surface area contributed by atoms with E-state index in [4.69, 9.17) is 10.2 Å². The minimum absolute atomic E-state index is 0.0181. The Morgan fingerprint density at radius 1 is 1.47 bits per heavy atom. The van der Waals surface area contributed by atoms with Gasteiger partial charge in [-0.15, -0.1) is 0 Å². The Kier molecular flexibility index (Phi) is 4.61. The van der Waals surface area contributed by atoms with Gasteiger partial charge in [0.15, 0.2) is 0 Å². The molecule has 1 aliphatic rings. The van der Waals surface area contributed by atoms with Crippen LogP contribution in [0.2, 0.25) is 0 Å². The van der Waals surface area contributed by atoms with Crippen molar-refractivity contribution in [1.82, 2.24) is 9.80 Å². The maximum Gasteiger partial charge on any atom is 0.236 e. The Bertz CT molecular complexity index is 405. The Hall–Kier alpha value is -1.33. The second kappa shape index (κ2) is 6.21. The third-order valence-electron chi connectivity index (χ3n) is 3.81. The monoisotopic (exact) mass is 265 g/mol. The van der Waals surface area contributed by atoms with Crippen LogP contribution in [0.3, 0.4) is 0 Å². The molecule has 2 rings (SSSR count). The average Bonchev–Trinajstić information content (AvgIpc) is 2.86. The lowest BCUT2D eigenvalue weighted by atomic mass is 10.0. The molecule has 19 heavy (non-hydrogen) atoms. The van der Waals surface area contributed by atoms with Crippen LogP contribution in [0.1, 0.15) is 31.6 Å². The highest BCUT2D eigenvalue weighted by Crippen LogP contribution is 2.26. The van der Waals surface area contributed by atoms with E-state index in [1.165, 1.54) is 0 Å². The lowest BCUT2D eigenvalue weighted by Gasteiger charge is -2.32. The van der Waals surface area contributed by atoms with Gasteiger partial charge in [-0.05, 0) is 25.0 Å². The molecular weight excluding hydrogens is 242 g/mol. The van der Waals surface area contributed by atoms with Gasteiger partial charge >= 0.3 is 0 Å². The van der Waals surface area contributed by atoms with Gasteiger partial charge in [0.2, 0.25) is 5.91 Å². The molecule has 1 saturated heterocycles. The first-order valence-corrected chi connectivity index (χ1v) is 6.90. The lowest BCUT2D eigenvalue weighted by Crippen LogP contribution is -2.43. The van der Waals surface area contributed by atoms with Gasteiger partial charge in [0.1, 0.15) is 5.76 Å². The lowest BCUT2D eigenvalue weighted by molar-refractivity contribution is -0.130. The van der Waals surface area contributed by atoms with Crippen molar-refractivity contribution < 1.29 is 9.21 Å². The zero-order valence-corrected chi connectivity index (χ0v) is 11.7. The predicted octanol–water partition coefficient (Wildman–Crippen LogP) is 1.22. The van der Waals surface area contributed by atoms with Crippen LogP contribution in [0, 0.1) is 0 Å². The number of rotatable bonds is 4. The molecule has 5 heteroatoms. The van der Waals surface area contributed by atoms with Crippen LogP contribution in [0.4, 0.5) is 0 Å². The summed E-state index contributed by atoms with van der Waals surface area (Å²) in [6, 6.07) is 3.77. The molecule has 0 bridgehead atoms. The summed E-state index contributed by atoms with van der Waals surface area (Å²) in [5.74, 6) is 1.00. The molecule has 0 spiro atoms. The van der Waals surface area contributed by atoms with E-state index in [0.717, 1.165) is 31.7 Å². The van der Waals surface area contributed by atoms with Crippen LogP contribution in [-0.4, -0.2) is 48.4 Å². The summed E-state index contributed by atoms with van der Waals surface area (Å²) in [7, 11) is 1.85. The summed E-state index contributed by atoms with van der Waals surface area (Å²) in [4.78, 5) is 16.0. The van der Waals surface area contributed by atoms with Crippen molar-refractivity contribution in [2.75, 3.05) is 26.7 Å². The Morgan fingerprint density at radius 2 is 2.26 bits per heavy atom. The van der Waals surface area contributed by atoms with Crippen molar-refractivity contribution in [3.8, 4) is 0 Å². The van der Waals surface area contributed by atoms with E-state index in [1.54, 1.807) is 11.2 Å². The molecule has 1 aromatic rings. The third kappa shape index (κ3) is 3.16. The molecule has 106 valence electrons. The van der Waals surface area contributed by atoms with Crippen molar-refractivity contribution in [3.05, 3.63) is 24.2 Å². The Morgan fingerprint density at radius 3 is 2.89 bits per heavy atom. The second-order valence-corrected chi connectivity index (χ2v) is 5.17. The number of nitrogens with two attached hydrogens (primary N) is 1. The Labute approximate surface area is 114 Å². The minimum Gasteiger partial charge on any atom is -0.468 e. The number of carbonyl (C=O) groups excluding carboxylic acids is 1. The molecule has 2 heterocycles. The van der Waals surface area contributed by atoms with Crippen LogP contribution in [0.15, 0.2) is 22.8 Å². The first-order valence-electron chi connectivity index (χ1n) is 6.90. The molecule has 1 fully saturated rings. The van der Waals surface area contributed by atoms with Crippen molar-refractivity contribution in [2.45, 2.75) is 31.8 Å². The highest BCUT2D eigenvalue weighted by atomic mass is 16.3. The number of likely N-dealkylation sites (N-methyl/N-ethyl adjacent to an activating group) is 1. The van der Waals surface area contributed by atoms with Gasteiger partial charge in [-0.3, -0.25) is 9.69 Å². The van der Waals surface area contributed by atoms with E-state index in [-0.39, 0.29) is 18.0 Å². The van der Waals surface area contributed by atoms with Gasteiger partial charge in [0.25, 0.3) is 0 Å². The quantitative estimate of drug-likeness (QED) is 0.889. The van der Waals surface area contributed by atoms with E-state index in [2.05, 4.69) is 11.8 Å². The van der Waals surface area contributed by atoms with Gasteiger partial charge < -0.3 is 15.1 Å². The maximum atomic E-state index is 12.0. The van der Waals surface area contributed by atoms with E-state index in [0.29, 0.717) is 6.54 Å². The van der Waals surface area contributed by atoms with Crippen LogP contribution < -0.4 is 5.73 Å². The van der Waals surface area contributed by atoms with Gasteiger partial charge in [-0.25, -0.2) is 0 Å². The summed E-state index contributed by atoms with van der Waals surface area (Å²) in [6.07, 6.45) is 3.48. The van der Waals surface area contributed by atoms with Crippen LogP contribution >= 0.6 is 0 Å². The molecular formula is C14H23N3O2. The van der Waals surface area contributed by atoms with Crippen molar-refractivity contribution in [1.29, 1.82) is 0 Å². The van der Waals surface area contributed by atoms with Crippen molar-refractivity contribution in [3.63, 3.8) is 0 Å². The highest BCUT2D eigenvalue weighted by Gasteiger charge is 2.31.